The van der Waals surface area contributed by atoms with Crippen LogP contribution in [0.5, 0.6) is 0 Å². The average molecular weight is 396 g/mol. The molecule has 156 valence electrons. The molecule has 1 aliphatic carbocycles. The van der Waals surface area contributed by atoms with Gasteiger partial charge >= 0.3 is 6.09 Å². The van der Waals surface area contributed by atoms with Crippen LogP contribution in [0.25, 0.3) is 0 Å². The molecule has 0 bridgehead atoms. The number of nitrogens with zero attached hydrogens (tertiary/aromatic N) is 2. The standard InChI is InChI=1S/C18H28N4O6/c1-14(15-6-3-2-4-7-15)20-18(24)27-13-21-10-5-8-16(12-21)17(23)19-9-11-28-22(25)26/h5,8,10,14-15H,2-4,6-7,9,11-13H2,1H3,(H,19,23)(H,20,24)/t14-/m1/s1. The SMILES string of the molecule is C[C@@H](NC(=O)OCN1C=CC=C(C(=O)NCCO[N+](=O)[O-])C1)C1CCCCC1. The number of carbonyl (C=O) groups excluding carboxylic acids is 2. The monoisotopic (exact) mass is 396 g/mol. The summed E-state index contributed by atoms with van der Waals surface area (Å²) in [6.45, 7) is 2.11. The van der Waals surface area contributed by atoms with Gasteiger partial charge < -0.3 is 25.1 Å². The van der Waals surface area contributed by atoms with Crippen molar-refractivity contribution in [2.45, 2.75) is 45.1 Å². The lowest BCUT2D eigenvalue weighted by atomic mass is 9.85. The zero-order valence-corrected chi connectivity index (χ0v) is 16.1. The summed E-state index contributed by atoms with van der Waals surface area (Å²) in [5.41, 5.74) is 0.461. The summed E-state index contributed by atoms with van der Waals surface area (Å²) in [4.78, 5) is 40.0. The lowest BCUT2D eigenvalue weighted by Crippen LogP contribution is -2.41. The second-order valence-electron chi connectivity index (χ2n) is 6.99. The number of amides is 2. The van der Waals surface area contributed by atoms with Crippen LogP contribution in [0.2, 0.25) is 0 Å². The average Bonchev–Trinajstić information content (AvgIpc) is 2.70. The number of ether oxygens (including phenoxy) is 1. The summed E-state index contributed by atoms with van der Waals surface area (Å²) in [6.07, 6.45) is 10.5. The molecule has 0 saturated heterocycles. The maximum absolute atomic E-state index is 12.1. The Morgan fingerprint density at radius 1 is 1.36 bits per heavy atom. The largest absolute Gasteiger partial charge is 0.428 e. The molecule has 1 heterocycles. The first kappa shape index (κ1) is 21.5. The molecule has 1 fully saturated rings. The van der Waals surface area contributed by atoms with Crippen LogP contribution in [0.1, 0.15) is 39.0 Å². The molecule has 0 spiro atoms. The summed E-state index contributed by atoms with van der Waals surface area (Å²) in [7, 11) is 0. The molecular formula is C18H28N4O6. The third kappa shape index (κ3) is 7.45. The van der Waals surface area contributed by atoms with Crippen LogP contribution in [0.4, 0.5) is 4.79 Å². The molecule has 1 aliphatic heterocycles. The van der Waals surface area contributed by atoms with Gasteiger partial charge in [-0.1, -0.05) is 25.3 Å². The maximum Gasteiger partial charge on any atom is 0.409 e. The highest BCUT2D eigenvalue weighted by molar-refractivity contribution is 5.94. The summed E-state index contributed by atoms with van der Waals surface area (Å²) in [5, 5.41) is 14.6. The number of hydrogen-bond acceptors (Lipinski definition) is 7. The van der Waals surface area contributed by atoms with Crippen LogP contribution >= 0.6 is 0 Å². The molecule has 2 amide bonds. The van der Waals surface area contributed by atoms with Crippen LogP contribution in [0.3, 0.4) is 0 Å². The number of carbonyl (C=O) groups is 2. The first-order valence-electron chi connectivity index (χ1n) is 9.56. The lowest BCUT2D eigenvalue weighted by Gasteiger charge is -2.28. The van der Waals surface area contributed by atoms with Gasteiger partial charge in [-0.25, -0.2) is 4.79 Å². The van der Waals surface area contributed by atoms with E-state index < -0.39 is 11.2 Å². The van der Waals surface area contributed by atoms with Crippen molar-refractivity contribution < 1.29 is 24.3 Å². The molecule has 0 radical (unpaired) electrons. The molecule has 2 rings (SSSR count). The number of alkyl carbamates (subject to hydrolysis) is 1. The van der Waals surface area contributed by atoms with Crippen LogP contribution < -0.4 is 10.6 Å². The van der Waals surface area contributed by atoms with Crippen molar-refractivity contribution in [2.24, 2.45) is 5.92 Å². The lowest BCUT2D eigenvalue weighted by molar-refractivity contribution is -0.757. The number of hydrogen-bond donors (Lipinski definition) is 2. The van der Waals surface area contributed by atoms with E-state index in [0.717, 1.165) is 12.8 Å². The normalized spacial score (nSPS) is 18.0. The minimum Gasteiger partial charge on any atom is -0.428 e. The van der Waals surface area contributed by atoms with Gasteiger partial charge in [0, 0.05) is 24.4 Å². The van der Waals surface area contributed by atoms with Crippen LogP contribution in [-0.4, -0.2) is 54.5 Å². The fourth-order valence-corrected chi connectivity index (χ4v) is 3.36. The van der Waals surface area contributed by atoms with Crippen molar-refractivity contribution in [3.8, 4) is 0 Å². The molecule has 0 aromatic rings. The van der Waals surface area contributed by atoms with Crippen LogP contribution in [0.15, 0.2) is 23.9 Å². The minimum absolute atomic E-state index is 0.0226. The molecule has 0 aromatic heterocycles. The Morgan fingerprint density at radius 3 is 2.82 bits per heavy atom. The predicted octanol–water partition coefficient (Wildman–Crippen LogP) is 1.72. The predicted molar refractivity (Wildman–Crippen MR) is 100 cm³/mol. The second-order valence-corrected chi connectivity index (χ2v) is 6.99. The van der Waals surface area contributed by atoms with E-state index in [1.807, 2.05) is 6.92 Å². The van der Waals surface area contributed by atoms with Gasteiger partial charge in [0.25, 0.3) is 5.09 Å². The Kier molecular flexibility index (Phi) is 8.57. The summed E-state index contributed by atoms with van der Waals surface area (Å²) >= 11 is 0. The van der Waals surface area contributed by atoms with E-state index in [1.165, 1.54) is 19.3 Å². The Labute approximate surface area is 164 Å². The second kappa shape index (κ2) is 11.2. The molecule has 2 aliphatic rings. The highest BCUT2D eigenvalue weighted by atomic mass is 16.9. The zero-order chi connectivity index (χ0) is 20.4. The van der Waals surface area contributed by atoms with E-state index in [1.54, 1.807) is 23.3 Å². The van der Waals surface area contributed by atoms with Crippen molar-refractivity contribution in [3.05, 3.63) is 34.0 Å². The zero-order valence-electron chi connectivity index (χ0n) is 16.1. The van der Waals surface area contributed by atoms with Gasteiger partial charge in [0.15, 0.2) is 6.73 Å². The van der Waals surface area contributed by atoms with Gasteiger partial charge in [-0.05, 0) is 31.8 Å². The van der Waals surface area contributed by atoms with E-state index in [2.05, 4.69) is 15.5 Å². The highest BCUT2D eigenvalue weighted by Crippen LogP contribution is 2.26. The smallest absolute Gasteiger partial charge is 0.409 e. The molecule has 2 N–H and O–H groups in total. The fourth-order valence-electron chi connectivity index (χ4n) is 3.36. The van der Waals surface area contributed by atoms with Crippen LogP contribution in [0, 0.1) is 16.0 Å². The summed E-state index contributed by atoms with van der Waals surface area (Å²) in [6, 6.07) is 0.0762. The topological polar surface area (TPSA) is 123 Å². The molecule has 0 aromatic carbocycles. The van der Waals surface area contributed by atoms with Crippen molar-refractivity contribution in [1.29, 1.82) is 0 Å². The van der Waals surface area contributed by atoms with E-state index in [9.17, 15) is 19.7 Å². The van der Waals surface area contributed by atoms with Crippen molar-refractivity contribution in [2.75, 3.05) is 26.4 Å². The van der Waals surface area contributed by atoms with Gasteiger partial charge in [-0.15, -0.1) is 10.1 Å². The maximum atomic E-state index is 12.1. The number of nitrogens with one attached hydrogen (secondary N) is 2. The van der Waals surface area contributed by atoms with Crippen LogP contribution in [-0.2, 0) is 14.4 Å². The van der Waals surface area contributed by atoms with Crippen molar-refractivity contribution in [3.63, 3.8) is 0 Å². The molecule has 0 unspecified atom stereocenters. The third-order valence-corrected chi connectivity index (χ3v) is 4.91. The third-order valence-electron chi connectivity index (χ3n) is 4.91. The van der Waals surface area contributed by atoms with Crippen molar-refractivity contribution in [1.82, 2.24) is 15.5 Å². The number of rotatable bonds is 9. The minimum atomic E-state index is -0.909. The fraction of sp³-hybridized carbons (Fsp3) is 0.667. The summed E-state index contributed by atoms with van der Waals surface area (Å²) in [5.74, 6) is 0.144. The molecule has 28 heavy (non-hydrogen) atoms. The quantitative estimate of drug-likeness (QED) is 0.345. The van der Waals surface area contributed by atoms with E-state index in [0.29, 0.717) is 11.5 Å². The van der Waals surface area contributed by atoms with Gasteiger partial charge in [0.2, 0.25) is 5.91 Å². The molecule has 1 atom stereocenters. The highest BCUT2D eigenvalue weighted by Gasteiger charge is 2.22. The van der Waals surface area contributed by atoms with E-state index >= 15 is 0 Å². The molecule has 10 nitrogen and oxygen atoms in total. The Bertz CT molecular complexity index is 615. The Hall–Kier alpha value is -2.78. The molecular weight excluding hydrogens is 368 g/mol. The van der Waals surface area contributed by atoms with E-state index in [4.69, 9.17) is 4.74 Å². The molecule has 10 heteroatoms. The Balaban J connectivity index is 1.67. The van der Waals surface area contributed by atoms with Crippen molar-refractivity contribution >= 4 is 12.0 Å². The van der Waals surface area contributed by atoms with Gasteiger partial charge in [0.05, 0.1) is 6.54 Å². The van der Waals surface area contributed by atoms with Gasteiger partial charge in [0.1, 0.15) is 6.61 Å². The first-order valence-corrected chi connectivity index (χ1v) is 9.56. The molecule has 1 saturated carbocycles. The van der Waals surface area contributed by atoms with Gasteiger partial charge in [-0.3, -0.25) is 4.79 Å². The summed E-state index contributed by atoms with van der Waals surface area (Å²) < 4.78 is 5.27. The van der Waals surface area contributed by atoms with Gasteiger partial charge in [-0.2, -0.15) is 0 Å². The van der Waals surface area contributed by atoms with E-state index in [-0.39, 0.29) is 38.4 Å². The Morgan fingerprint density at radius 2 is 2.11 bits per heavy atom. The first-order chi connectivity index (χ1) is 13.5. The number of allylic oxidation sites excluding steroid dienone is 2.